The highest BCUT2D eigenvalue weighted by molar-refractivity contribution is 9.10. The fourth-order valence-electron chi connectivity index (χ4n) is 3.22. The summed E-state index contributed by atoms with van der Waals surface area (Å²) in [6.45, 7) is 7.18. The molecule has 3 rings (SSSR count). The van der Waals surface area contributed by atoms with Gasteiger partial charge in [-0.05, 0) is 89.9 Å². The molecule has 0 radical (unpaired) electrons. The van der Waals surface area contributed by atoms with Gasteiger partial charge in [-0.1, -0.05) is 19.4 Å². The number of hydrogen-bond acceptors (Lipinski definition) is 7. The number of hydrogen-bond donors (Lipinski definition) is 0. The lowest BCUT2D eigenvalue weighted by Gasteiger charge is -2.14. The molecular formula is C26H29BrN2O5S. The second-order valence-corrected chi connectivity index (χ2v) is 9.47. The number of esters is 1. The first-order chi connectivity index (χ1) is 16.9. The summed E-state index contributed by atoms with van der Waals surface area (Å²) in [7, 11) is 1.68. The molecule has 2 aromatic rings. The summed E-state index contributed by atoms with van der Waals surface area (Å²) < 4.78 is 17.5. The third kappa shape index (κ3) is 6.89. The average molecular weight is 561 g/mol. The Bertz CT molecular complexity index is 1150. The zero-order chi connectivity index (χ0) is 25.4. The van der Waals surface area contributed by atoms with E-state index in [0.717, 1.165) is 22.9 Å². The molecule has 0 unspecified atom stereocenters. The molecule has 1 saturated heterocycles. The number of amides is 1. The van der Waals surface area contributed by atoms with Crippen LogP contribution in [0, 0.1) is 0 Å². The number of halogens is 1. The largest absolute Gasteiger partial charge is 0.490 e. The molecule has 35 heavy (non-hydrogen) atoms. The SMILES string of the molecule is CCCCOc1c(Br)cc(C=C2SC(=Nc3cccc(C(=O)OCC)c3)N(C)C2=O)cc1OCC. The number of carbonyl (C=O) groups excluding carboxylic acids is 2. The van der Waals surface area contributed by atoms with Gasteiger partial charge in [-0.3, -0.25) is 9.69 Å². The Kier molecular flexibility index (Phi) is 9.80. The number of amidine groups is 1. The Hall–Kier alpha value is -2.78. The number of aliphatic imine (C=N–C) groups is 1. The van der Waals surface area contributed by atoms with Gasteiger partial charge in [0.1, 0.15) is 0 Å². The van der Waals surface area contributed by atoms with E-state index in [1.807, 2.05) is 25.1 Å². The van der Waals surface area contributed by atoms with Gasteiger partial charge < -0.3 is 14.2 Å². The first kappa shape index (κ1) is 26.8. The lowest BCUT2D eigenvalue weighted by Crippen LogP contribution is -2.23. The summed E-state index contributed by atoms with van der Waals surface area (Å²) >= 11 is 4.86. The lowest BCUT2D eigenvalue weighted by molar-refractivity contribution is -0.121. The van der Waals surface area contributed by atoms with Crippen LogP contribution in [-0.4, -0.2) is 48.8 Å². The van der Waals surface area contributed by atoms with Crippen LogP contribution in [0.25, 0.3) is 6.08 Å². The van der Waals surface area contributed by atoms with Crippen molar-refractivity contribution in [3.05, 3.63) is 56.9 Å². The van der Waals surface area contributed by atoms with E-state index in [-0.39, 0.29) is 5.91 Å². The molecule has 0 saturated carbocycles. The van der Waals surface area contributed by atoms with Crippen LogP contribution < -0.4 is 9.47 Å². The van der Waals surface area contributed by atoms with Gasteiger partial charge in [0.05, 0.1) is 40.4 Å². The summed E-state index contributed by atoms with van der Waals surface area (Å²) in [4.78, 5) is 31.6. The molecule has 0 bridgehead atoms. The average Bonchev–Trinajstić information content (AvgIpc) is 3.09. The van der Waals surface area contributed by atoms with Crippen molar-refractivity contribution in [3.8, 4) is 11.5 Å². The molecule has 1 aliphatic heterocycles. The number of thioether (sulfide) groups is 1. The summed E-state index contributed by atoms with van der Waals surface area (Å²) in [6, 6.07) is 10.6. The first-order valence-corrected chi connectivity index (χ1v) is 13.1. The van der Waals surface area contributed by atoms with Crippen LogP contribution in [0.15, 0.2) is 50.8 Å². The number of carbonyl (C=O) groups is 2. The molecule has 0 spiro atoms. The Morgan fingerprint density at radius 1 is 1.14 bits per heavy atom. The molecule has 1 aliphatic rings. The van der Waals surface area contributed by atoms with Crippen LogP contribution in [0.2, 0.25) is 0 Å². The van der Waals surface area contributed by atoms with Crippen LogP contribution in [0.4, 0.5) is 5.69 Å². The molecule has 0 aromatic heterocycles. The van der Waals surface area contributed by atoms with Gasteiger partial charge in [0.15, 0.2) is 16.7 Å². The van der Waals surface area contributed by atoms with Crippen LogP contribution in [0.3, 0.4) is 0 Å². The molecule has 1 heterocycles. The highest BCUT2D eigenvalue weighted by atomic mass is 79.9. The smallest absolute Gasteiger partial charge is 0.338 e. The summed E-state index contributed by atoms with van der Waals surface area (Å²) in [5, 5.41) is 0.519. The van der Waals surface area contributed by atoms with E-state index < -0.39 is 5.97 Å². The van der Waals surface area contributed by atoms with E-state index in [4.69, 9.17) is 14.2 Å². The zero-order valence-corrected chi connectivity index (χ0v) is 22.7. The second kappa shape index (κ2) is 12.8. The second-order valence-electron chi connectivity index (χ2n) is 7.61. The molecule has 2 aromatic carbocycles. The fraction of sp³-hybridized carbons (Fsp3) is 0.346. The van der Waals surface area contributed by atoms with Crippen LogP contribution in [0.5, 0.6) is 11.5 Å². The van der Waals surface area contributed by atoms with E-state index >= 15 is 0 Å². The highest BCUT2D eigenvalue weighted by Crippen LogP contribution is 2.39. The zero-order valence-electron chi connectivity index (χ0n) is 20.3. The number of likely N-dealkylation sites (N-methyl/N-ethyl adjacent to an activating group) is 1. The maximum absolute atomic E-state index is 12.9. The molecule has 7 nitrogen and oxygen atoms in total. The van der Waals surface area contributed by atoms with E-state index in [2.05, 4.69) is 27.8 Å². The summed E-state index contributed by atoms with van der Waals surface area (Å²) in [5.41, 5.74) is 1.78. The van der Waals surface area contributed by atoms with Crippen molar-refractivity contribution < 1.29 is 23.8 Å². The highest BCUT2D eigenvalue weighted by Gasteiger charge is 2.30. The van der Waals surface area contributed by atoms with Crippen molar-refractivity contribution in [3.63, 3.8) is 0 Å². The van der Waals surface area contributed by atoms with Crippen molar-refractivity contribution in [2.24, 2.45) is 4.99 Å². The minimum absolute atomic E-state index is 0.160. The molecule has 1 fully saturated rings. The maximum atomic E-state index is 12.9. The minimum Gasteiger partial charge on any atom is -0.490 e. The molecule has 1 amide bonds. The number of nitrogens with zero attached hydrogens (tertiary/aromatic N) is 2. The van der Waals surface area contributed by atoms with Gasteiger partial charge in [0.25, 0.3) is 5.91 Å². The van der Waals surface area contributed by atoms with Crippen molar-refractivity contribution in [2.75, 3.05) is 26.9 Å². The number of rotatable bonds is 10. The number of ether oxygens (including phenoxy) is 3. The third-order valence-electron chi connectivity index (χ3n) is 4.96. The Morgan fingerprint density at radius 2 is 1.94 bits per heavy atom. The topological polar surface area (TPSA) is 77.4 Å². The number of unbranched alkanes of at least 4 members (excludes halogenated alkanes) is 1. The maximum Gasteiger partial charge on any atom is 0.338 e. The quantitative estimate of drug-likeness (QED) is 0.189. The standard InChI is InChI=1S/C26H29BrN2O5S/c1-5-8-12-34-23-20(27)13-17(14-21(23)32-6-2)15-22-24(30)29(4)26(35-22)28-19-11-9-10-18(16-19)25(31)33-7-3/h9-11,13-16H,5-8,12H2,1-4H3. The third-order valence-corrected chi connectivity index (χ3v) is 6.61. The van der Waals surface area contributed by atoms with Gasteiger partial charge in [-0.15, -0.1) is 0 Å². The molecule has 186 valence electrons. The molecule has 9 heteroatoms. The normalized spacial score (nSPS) is 15.7. The minimum atomic E-state index is -0.406. The van der Waals surface area contributed by atoms with Gasteiger partial charge in [0.2, 0.25) is 0 Å². The Morgan fingerprint density at radius 3 is 2.66 bits per heavy atom. The van der Waals surface area contributed by atoms with Gasteiger partial charge >= 0.3 is 5.97 Å². The monoisotopic (exact) mass is 560 g/mol. The van der Waals surface area contributed by atoms with Crippen molar-refractivity contribution in [1.82, 2.24) is 4.90 Å². The Balaban J connectivity index is 1.87. The molecule has 0 aliphatic carbocycles. The van der Waals surface area contributed by atoms with Gasteiger partial charge in [-0.25, -0.2) is 9.79 Å². The van der Waals surface area contributed by atoms with Crippen molar-refractivity contribution in [2.45, 2.75) is 33.6 Å². The van der Waals surface area contributed by atoms with E-state index in [0.29, 0.717) is 52.6 Å². The lowest BCUT2D eigenvalue weighted by atomic mass is 10.2. The van der Waals surface area contributed by atoms with Crippen LogP contribution in [-0.2, 0) is 9.53 Å². The van der Waals surface area contributed by atoms with Crippen molar-refractivity contribution >= 4 is 56.5 Å². The molecule has 0 atom stereocenters. The first-order valence-electron chi connectivity index (χ1n) is 11.5. The van der Waals surface area contributed by atoms with E-state index in [1.54, 1.807) is 38.2 Å². The van der Waals surface area contributed by atoms with E-state index in [9.17, 15) is 9.59 Å². The predicted molar refractivity (Wildman–Crippen MR) is 144 cm³/mol. The fourth-order valence-corrected chi connectivity index (χ4v) is 4.78. The van der Waals surface area contributed by atoms with Crippen LogP contribution in [0.1, 0.15) is 49.5 Å². The van der Waals surface area contributed by atoms with Gasteiger partial charge in [0, 0.05) is 7.05 Å². The molecule has 0 N–H and O–H groups in total. The van der Waals surface area contributed by atoms with Gasteiger partial charge in [-0.2, -0.15) is 0 Å². The van der Waals surface area contributed by atoms with Crippen LogP contribution >= 0.6 is 27.7 Å². The summed E-state index contributed by atoms with van der Waals surface area (Å²) in [5.74, 6) is 0.719. The Labute approximate surface area is 218 Å². The predicted octanol–water partition coefficient (Wildman–Crippen LogP) is 6.44. The summed E-state index contributed by atoms with van der Waals surface area (Å²) in [6.07, 6.45) is 3.80. The number of benzene rings is 2. The molecular weight excluding hydrogens is 532 g/mol. The van der Waals surface area contributed by atoms with Crippen molar-refractivity contribution in [1.29, 1.82) is 0 Å². The van der Waals surface area contributed by atoms with E-state index in [1.165, 1.54) is 16.7 Å².